The van der Waals surface area contributed by atoms with Crippen LogP contribution < -0.4 is 10.2 Å². The highest BCUT2D eigenvalue weighted by Gasteiger charge is 2.23. The molecular formula is C16H24N4O2. The average molecular weight is 304 g/mol. The lowest BCUT2D eigenvalue weighted by atomic mass is 9.97. The van der Waals surface area contributed by atoms with Gasteiger partial charge in [-0.25, -0.2) is 4.98 Å². The SMILES string of the molecule is O=C(C[C@H]1CCCOC1)NC1CCN(c2cnccn2)CC1. The van der Waals surface area contributed by atoms with Gasteiger partial charge in [0.25, 0.3) is 0 Å². The third kappa shape index (κ3) is 4.16. The van der Waals surface area contributed by atoms with E-state index in [1.807, 2.05) is 0 Å². The summed E-state index contributed by atoms with van der Waals surface area (Å²) in [7, 11) is 0. The molecule has 2 saturated heterocycles. The maximum absolute atomic E-state index is 12.1. The van der Waals surface area contributed by atoms with Gasteiger partial charge in [-0.2, -0.15) is 0 Å². The van der Waals surface area contributed by atoms with Gasteiger partial charge in [-0.05, 0) is 31.6 Å². The van der Waals surface area contributed by atoms with E-state index in [4.69, 9.17) is 4.74 Å². The van der Waals surface area contributed by atoms with Crippen molar-refractivity contribution in [2.45, 2.75) is 38.1 Å². The number of aromatic nitrogens is 2. The first-order valence-electron chi connectivity index (χ1n) is 8.19. The quantitative estimate of drug-likeness (QED) is 0.910. The van der Waals surface area contributed by atoms with E-state index in [2.05, 4.69) is 20.2 Å². The van der Waals surface area contributed by atoms with E-state index < -0.39 is 0 Å². The van der Waals surface area contributed by atoms with Crippen LogP contribution in [0.25, 0.3) is 0 Å². The molecule has 0 aliphatic carbocycles. The van der Waals surface area contributed by atoms with Crippen LogP contribution in [0.5, 0.6) is 0 Å². The predicted molar refractivity (Wildman–Crippen MR) is 83.6 cm³/mol. The molecule has 0 bridgehead atoms. The second kappa shape index (κ2) is 7.54. The first kappa shape index (κ1) is 15.2. The number of nitrogens with one attached hydrogen (secondary N) is 1. The minimum absolute atomic E-state index is 0.174. The number of anilines is 1. The number of piperidine rings is 1. The third-order valence-electron chi connectivity index (χ3n) is 4.46. The maximum atomic E-state index is 12.1. The fourth-order valence-corrected chi connectivity index (χ4v) is 3.22. The standard InChI is InChI=1S/C16H24N4O2/c21-16(10-13-2-1-9-22-12-13)19-14-3-7-20(8-4-14)15-11-17-5-6-18-15/h5-6,11,13-14H,1-4,7-10,12H2,(H,19,21)/t13-/m1/s1. The van der Waals surface area contributed by atoms with E-state index >= 15 is 0 Å². The van der Waals surface area contributed by atoms with Crippen molar-refractivity contribution < 1.29 is 9.53 Å². The van der Waals surface area contributed by atoms with Crippen LogP contribution in [0.4, 0.5) is 5.82 Å². The molecule has 0 unspecified atom stereocenters. The number of rotatable bonds is 4. The predicted octanol–water partition coefficient (Wildman–Crippen LogP) is 1.38. The van der Waals surface area contributed by atoms with E-state index in [1.165, 1.54) is 0 Å². The summed E-state index contributed by atoms with van der Waals surface area (Å²) >= 11 is 0. The average Bonchev–Trinajstić information content (AvgIpc) is 2.57. The number of ether oxygens (including phenoxy) is 1. The molecule has 2 fully saturated rings. The zero-order valence-electron chi connectivity index (χ0n) is 12.9. The first-order chi connectivity index (χ1) is 10.8. The molecule has 1 atom stereocenters. The molecule has 0 spiro atoms. The molecular weight excluding hydrogens is 280 g/mol. The lowest BCUT2D eigenvalue weighted by Gasteiger charge is -2.33. The maximum Gasteiger partial charge on any atom is 0.220 e. The molecule has 2 aliphatic heterocycles. The van der Waals surface area contributed by atoms with Gasteiger partial charge in [0.15, 0.2) is 0 Å². The van der Waals surface area contributed by atoms with Crippen LogP contribution in [0.15, 0.2) is 18.6 Å². The van der Waals surface area contributed by atoms with Crippen LogP contribution in [0.2, 0.25) is 0 Å². The summed E-state index contributed by atoms with van der Waals surface area (Å²) < 4.78 is 5.44. The van der Waals surface area contributed by atoms with Gasteiger partial charge in [0.05, 0.1) is 6.20 Å². The Morgan fingerprint density at radius 1 is 1.32 bits per heavy atom. The van der Waals surface area contributed by atoms with E-state index in [0.717, 1.165) is 57.8 Å². The van der Waals surface area contributed by atoms with Crippen molar-refractivity contribution >= 4 is 11.7 Å². The number of amides is 1. The summed E-state index contributed by atoms with van der Waals surface area (Å²) in [5, 5.41) is 3.18. The second-order valence-corrected chi connectivity index (χ2v) is 6.18. The highest BCUT2D eigenvalue weighted by molar-refractivity contribution is 5.76. The smallest absolute Gasteiger partial charge is 0.220 e. The van der Waals surface area contributed by atoms with Crippen LogP contribution in [-0.4, -0.2) is 48.2 Å². The third-order valence-corrected chi connectivity index (χ3v) is 4.46. The van der Waals surface area contributed by atoms with E-state index in [1.54, 1.807) is 18.6 Å². The second-order valence-electron chi connectivity index (χ2n) is 6.18. The Balaban J connectivity index is 1.41. The molecule has 22 heavy (non-hydrogen) atoms. The first-order valence-corrected chi connectivity index (χ1v) is 8.19. The van der Waals surface area contributed by atoms with Gasteiger partial charge in [0.1, 0.15) is 5.82 Å². The molecule has 0 aromatic carbocycles. The van der Waals surface area contributed by atoms with Crippen molar-refractivity contribution in [2.24, 2.45) is 5.92 Å². The molecule has 6 nitrogen and oxygen atoms in total. The van der Waals surface area contributed by atoms with Gasteiger partial charge in [0, 0.05) is 51.2 Å². The number of hydrogen-bond acceptors (Lipinski definition) is 5. The fourth-order valence-electron chi connectivity index (χ4n) is 3.22. The van der Waals surface area contributed by atoms with Gasteiger partial charge in [-0.1, -0.05) is 0 Å². The van der Waals surface area contributed by atoms with Crippen LogP contribution >= 0.6 is 0 Å². The van der Waals surface area contributed by atoms with Crippen molar-refractivity contribution in [3.63, 3.8) is 0 Å². The molecule has 120 valence electrons. The molecule has 1 amide bonds. The highest BCUT2D eigenvalue weighted by atomic mass is 16.5. The van der Waals surface area contributed by atoms with Crippen LogP contribution in [0, 0.1) is 5.92 Å². The van der Waals surface area contributed by atoms with E-state index in [-0.39, 0.29) is 11.9 Å². The lowest BCUT2D eigenvalue weighted by Crippen LogP contribution is -2.45. The lowest BCUT2D eigenvalue weighted by molar-refractivity contribution is -0.123. The van der Waals surface area contributed by atoms with Crippen molar-refractivity contribution in [2.75, 3.05) is 31.2 Å². The van der Waals surface area contributed by atoms with Crippen LogP contribution in [0.1, 0.15) is 32.1 Å². The van der Waals surface area contributed by atoms with Gasteiger partial charge in [0.2, 0.25) is 5.91 Å². The molecule has 6 heteroatoms. The van der Waals surface area contributed by atoms with Crippen LogP contribution in [-0.2, 0) is 9.53 Å². The molecule has 1 aromatic rings. The van der Waals surface area contributed by atoms with Crippen LogP contribution in [0.3, 0.4) is 0 Å². The normalized spacial score (nSPS) is 23.3. The zero-order chi connectivity index (χ0) is 15.2. The fraction of sp³-hybridized carbons (Fsp3) is 0.688. The molecule has 1 aromatic heterocycles. The largest absolute Gasteiger partial charge is 0.381 e. The Bertz CT molecular complexity index is 468. The van der Waals surface area contributed by atoms with Gasteiger partial charge in [-0.3, -0.25) is 9.78 Å². The Kier molecular flexibility index (Phi) is 5.21. The van der Waals surface area contributed by atoms with Crippen molar-refractivity contribution in [1.29, 1.82) is 0 Å². The van der Waals surface area contributed by atoms with E-state index in [9.17, 15) is 4.79 Å². The Morgan fingerprint density at radius 2 is 2.18 bits per heavy atom. The number of carbonyl (C=O) groups excluding carboxylic acids is 1. The van der Waals surface area contributed by atoms with Gasteiger partial charge >= 0.3 is 0 Å². The van der Waals surface area contributed by atoms with Crippen molar-refractivity contribution in [1.82, 2.24) is 15.3 Å². The van der Waals surface area contributed by atoms with Gasteiger partial charge < -0.3 is 15.0 Å². The minimum atomic E-state index is 0.174. The molecule has 0 radical (unpaired) electrons. The molecule has 1 N–H and O–H groups in total. The summed E-state index contributed by atoms with van der Waals surface area (Å²) in [6.45, 7) is 3.41. The summed E-state index contributed by atoms with van der Waals surface area (Å²) in [6.07, 6.45) is 9.91. The molecule has 3 heterocycles. The minimum Gasteiger partial charge on any atom is -0.381 e. The van der Waals surface area contributed by atoms with Crippen molar-refractivity contribution in [3.05, 3.63) is 18.6 Å². The number of carbonyl (C=O) groups is 1. The monoisotopic (exact) mass is 304 g/mol. The summed E-state index contributed by atoms with van der Waals surface area (Å²) in [6, 6.07) is 0.282. The molecule has 0 saturated carbocycles. The number of hydrogen-bond donors (Lipinski definition) is 1. The number of nitrogens with zero attached hydrogens (tertiary/aromatic N) is 3. The summed E-state index contributed by atoms with van der Waals surface area (Å²) in [5.41, 5.74) is 0. The van der Waals surface area contributed by atoms with Crippen molar-refractivity contribution in [3.8, 4) is 0 Å². The topological polar surface area (TPSA) is 67.3 Å². The Labute approximate surface area is 131 Å². The summed E-state index contributed by atoms with van der Waals surface area (Å²) in [4.78, 5) is 22.8. The molecule has 2 aliphatic rings. The van der Waals surface area contributed by atoms with E-state index in [0.29, 0.717) is 12.3 Å². The highest BCUT2D eigenvalue weighted by Crippen LogP contribution is 2.19. The Morgan fingerprint density at radius 3 is 2.86 bits per heavy atom. The van der Waals surface area contributed by atoms with Gasteiger partial charge in [-0.15, -0.1) is 0 Å². The zero-order valence-corrected chi connectivity index (χ0v) is 12.9. The molecule has 3 rings (SSSR count). The summed E-state index contributed by atoms with van der Waals surface area (Å²) in [5.74, 6) is 1.49. The Hall–Kier alpha value is -1.69.